The van der Waals surface area contributed by atoms with Crippen LogP contribution in [0.25, 0.3) is 0 Å². The minimum absolute atomic E-state index is 0.111. The van der Waals surface area contributed by atoms with E-state index in [0.717, 1.165) is 25.7 Å². The van der Waals surface area contributed by atoms with Crippen LogP contribution in [0.2, 0.25) is 0 Å². The van der Waals surface area contributed by atoms with Crippen molar-refractivity contribution in [3.8, 4) is 0 Å². The summed E-state index contributed by atoms with van der Waals surface area (Å²) >= 11 is 0. The van der Waals surface area contributed by atoms with Crippen molar-refractivity contribution in [1.29, 1.82) is 0 Å². The van der Waals surface area contributed by atoms with Crippen molar-refractivity contribution in [3.05, 3.63) is 0 Å². The molecule has 3 N–H and O–H groups in total. The van der Waals surface area contributed by atoms with Crippen molar-refractivity contribution < 1.29 is 28.8 Å². The first kappa shape index (κ1) is 27.4. The first-order valence-corrected chi connectivity index (χ1v) is 10.4. The van der Waals surface area contributed by atoms with Crippen LogP contribution in [0.1, 0.15) is 72.1 Å². The molecule has 0 aromatic heterocycles. The summed E-state index contributed by atoms with van der Waals surface area (Å²) in [5.41, 5.74) is 0. The molecule has 0 aromatic rings. The molecule has 0 aromatic carbocycles. The van der Waals surface area contributed by atoms with Gasteiger partial charge >= 0.3 is 0 Å². The summed E-state index contributed by atoms with van der Waals surface area (Å²) in [6.45, 7) is 5.46. The number of carbonyl (C=O) groups is 6. The Hall–Kier alpha value is -2.58. The first-order chi connectivity index (χ1) is 14.1. The average Bonchev–Trinajstić information content (AvgIpc) is 2.60. The number of rotatable bonds is 17. The fourth-order valence-electron chi connectivity index (χ4n) is 2.88. The van der Waals surface area contributed by atoms with Gasteiger partial charge in [0, 0.05) is 19.6 Å². The minimum Gasteiger partial charge on any atom is -0.356 e. The number of unbranched alkanes of at least 4 members (excludes halogenated alkanes) is 1. The number of hydrogen-bond donors (Lipinski definition) is 3. The highest BCUT2D eigenvalue weighted by atomic mass is 16.2. The van der Waals surface area contributed by atoms with Gasteiger partial charge in [-0.2, -0.15) is 0 Å². The quantitative estimate of drug-likeness (QED) is 0.233. The molecule has 0 aliphatic heterocycles. The van der Waals surface area contributed by atoms with Gasteiger partial charge in [0.1, 0.15) is 17.3 Å². The molecule has 0 rings (SSSR count). The van der Waals surface area contributed by atoms with Crippen molar-refractivity contribution in [1.82, 2.24) is 16.0 Å². The molecule has 0 saturated carbocycles. The summed E-state index contributed by atoms with van der Waals surface area (Å²) in [6, 6.07) is 0. The van der Waals surface area contributed by atoms with E-state index in [9.17, 15) is 28.8 Å². The van der Waals surface area contributed by atoms with Crippen molar-refractivity contribution in [2.24, 2.45) is 5.92 Å². The van der Waals surface area contributed by atoms with Crippen LogP contribution in [0.3, 0.4) is 0 Å². The molecule has 0 heterocycles. The fraction of sp³-hybridized carbons (Fsp3) is 0.714. The van der Waals surface area contributed by atoms with E-state index in [1.807, 2.05) is 0 Å². The molecule has 0 aliphatic rings. The number of hydrogen-bond acceptors (Lipinski definition) is 6. The summed E-state index contributed by atoms with van der Waals surface area (Å²) in [7, 11) is 0. The van der Waals surface area contributed by atoms with Crippen LogP contribution in [0, 0.1) is 5.92 Å². The smallest absolute Gasteiger partial charge is 0.227 e. The maximum Gasteiger partial charge on any atom is 0.227 e. The van der Waals surface area contributed by atoms with E-state index >= 15 is 0 Å². The normalized spacial score (nSPS) is 11.3. The Morgan fingerprint density at radius 2 is 0.967 bits per heavy atom. The maximum absolute atomic E-state index is 11.7. The average molecular weight is 426 g/mol. The highest BCUT2D eigenvalue weighted by Crippen LogP contribution is 2.14. The van der Waals surface area contributed by atoms with Gasteiger partial charge in [-0.15, -0.1) is 0 Å². The largest absolute Gasteiger partial charge is 0.356 e. The number of Topliss-reactive ketones (excluding diaryl/α,β-unsaturated/α-hetero) is 3. The first-order valence-electron chi connectivity index (χ1n) is 10.4. The van der Waals surface area contributed by atoms with E-state index in [2.05, 4.69) is 16.0 Å². The number of amides is 3. The van der Waals surface area contributed by atoms with Gasteiger partial charge in [-0.1, -0.05) is 6.42 Å². The molecule has 30 heavy (non-hydrogen) atoms. The molecule has 170 valence electrons. The molecular weight excluding hydrogens is 390 g/mol. The van der Waals surface area contributed by atoms with Gasteiger partial charge in [-0.25, -0.2) is 0 Å². The van der Waals surface area contributed by atoms with Gasteiger partial charge < -0.3 is 16.0 Å². The second-order valence-corrected chi connectivity index (χ2v) is 7.64. The summed E-state index contributed by atoms with van der Waals surface area (Å²) in [5, 5.41) is 8.17. The summed E-state index contributed by atoms with van der Waals surface area (Å²) in [5.74, 6) is -1.28. The minimum atomic E-state index is -0.307. The zero-order valence-corrected chi connectivity index (χ0v) is 18.3. The molecule has 1 atom stereocenters. The molecule has 0 fully saturated rings. The van der Waals surface area contributed by atoms with Gasteiger partial charge in [0.2, 0.25) is 17.7 Å². The van der Waals surface area contributed by atoms with E-state index in [1.165, 1.54) is 20.8 Å². The van der Waals surface area contributed by atoms with Gasteiger partial charge in [-0.05, 0) is 52.4 Å². The zero-order valence-electron chi connectivity index (χ0n) is 18.3. The van der Waals surface area contributed by atoms with Gasteiger partial charge in [-0.3, -0.25) is 28.8 Å². The predicted molar refractivity (Wildman–Crippen MR) is 111 cm³/mol. The standard InChI is InChI=1S/C21H35N3O6/c1-15(25)11-19(28)22-9-5-4-7-18(14-24-21(30)13-17(3)27)8-6-10-23-20(29)12-16(2)26/h18H,4-14H2,1-3H3,(H,22,28)(H,23,29)(H,24,30). The van der Waals surface area contributed by atoms with Crippen molar-refractivity contribution in [2.45, 2.75) is 72.1 Å². The molecular formula is C21H35N3O6. The Morgan fingerprint density at radius 3 is 1.43 bits per heavy atom. The van der Waals surface area contributed by atoms with Crippen molar-refractivity contribution >= 4 is 35.1 Å². The lowest BCUT2D eigenvalue weighted by Gasteiger charge is -2.18. The number of ketones is 3. The lowest BCUT2D eigenvalue weighted by molar-refractivity contribution is -0.128. The van der Waals surface area contributed by atoms with Crippen LogP contribution >= 0.6 is 0 Å². The molecule has 9 nitrogen and oxygen atoms in total. The topological polar surface area (TPSA) is 139 Å². The molecule has 0 bridgehead atoms. The molecule has 3 amide bonds. The lowest BCUT2D eigenvalue weighted by atomic mass is 9.96. The highest BCUT2D eigenvalue weighted by molar-refractivity contribution is 5.97. The highest BCUT2D eigenvalue weighted by Gasteiger charge is 2.13. The van der Waals surface area contributed by atoms with Crippen LogP contribution in [-0.4, -0.2) is 54.7 Å². The molecule has 0 radical (unpaired) electrons. The van der Waals surface area contributed by atoms with Crippen LogP contribution in [0.15, 0.2) is 0 Å². The molecule has 1 unspecified atom stereocenters. The third-order valence-electron chi connectivity index (χ3n) is 4.29. The zero-order chi connectivity index (χ0) is 22.9. The van der Waals surface area contributed by atoms with Crippen LogP contribution in [-0.2, 0) is 28.8 Å². The van der Waals surface area contributed by atoms with E-state index < -0.39 is 0 Å². The second kappa shape index (κ2) is 16.2. The maximum atomic E-state index is 11.7. The van der Waals surface area contributed by atoms with Gasteiger partial charge in [0.25, 0.3) is 0 Å². The van der Waals surface area contributed by atoms with Gasteiger partial charge in [0.05, 0.1) is 19.3 Å². The monoisotopic (exact) mass is 425 g/mol. The van der Waals surface area contributed by atoms with E-state index in [4.69, 9.17) is 0 Å². The van der Waals surface area contributed by atoms with E-state index in [-0.39, 0.29) is 60.3 Å². The summed E-state index contributed by atoms with van der Waals surface area (Å²) in [6.07, 6.45) is 3.46. The van der Waals surface area contributed by atoms with Crippen molar-refractivity contribution in [2.75, 3.05) is 19.6 Å². The number of carbonyl (C=O) groups excluding carboxylic acids is 6. The second-order valence-electron chi connectivity index (χ2n) is 7.64. The summed E-state index contributed by atoms with van der Waals surface area (Å²) < 4.78 is 0. The molecule has 0 aliphatic carbocycles. The van der Waals surface area contributed by atoms with Gasteiger partial charge in [0.15, 0.2) is 0 Å². The third-order valence-corrected chi connectivity index (χ3v) is 4.29. The van der Waals surface area contributed by atoms with Crippen molar-refractivity contribution in [3.63, 3.8) is 0 Å². The fourth-order valence-corrected chi connectivity index (χ4v) is 2.88. The van der Waals surface area contributed by atoms with Crippen LogP contribution in [0.4, 0.5) is 0 Å². The lowest BCUT2D eigenvalue weighted by Crippen LogP contribution is -2.31. The predicted octanol–water partition coefficient (Wildman–Crippen LogP) is 0.839. The van der Waals surface area contributed by atoms with Crippen LogP contribution in [0.5, 0.6) is 0 Å². The molecule has 0 spiro atoms. The Labute approximate surface area is 178 Å². The third kappa shape index (κ3) is 17.5. The van der Waals surface area contributed by atoms with Crippen LogP contribution < -0.4 is 16.0 Å². The summed E-state index contributed by atoms with van der Waals surface area (Å²) in [4.78, 5) is 67.5. The molecule has 0 saturated heterocycles. The number of nitrogens with one attached hydrogen (secondary N) is 3. The Bertz CT molecular complexity index is 618. The van der Waals surface area contributed by atoms with E-state index in [0.29, 0.717) is 26.1 Å². The Balaban J connectivity index is 4.29. The Kier molecular flexibility index (Phi) is 14.8. The SMILES string of the molecule is CC(=O)CC(=O)NCCCCC(CCCNC(=O)CC(C)=O)CNC(=O)CC(C)=O. The van der Waals surface area contributed by atoms with E-state index in [1.54, 1.807) is 0 Å². The Morgan fingerprint density at radius 1 is 0.567 bits per heavy atom. The molecule has 9 heteroatoms.